The molecule has 0 aliphatic carbocycles. The number of rotatable bonds is 2. The van der Waals surface area contributed by atoms with E-state index in [1.54, 1.807) is 24.4 Å². The molecule has 1 amide bonds. The van der Waals surface area contributed by atoms with Crippen molar-refractivity contribution in [2.24, 2.45) is 0 Å². The fraction of sp³-hybridized carbons (Fsp3) is 0.143. The summed E-state index contributed by atoms with van der Waals surface area (Å²) in [5.41, 5.74) is 2.10. The third kappa shape index (κ3) is 3.12. The van der Waals surface area contributed by atoms with Crippen molar-refractivity contribution in [1.29, 1.82) is 0 Å². The Labute approximate surface area is 119 Å². The molecule has 5 heteroatoms. The lowest BCUT2D eigenvalue weighted by atomic mass is 10.1. The van der Waals surface area contributed by atoms with Crippen molar-refractivity contribution in [3.8, 4) is 5.75 Å². The normalized spacial score (nSPS) is 10.3. The van der Waals surface area contributed by atoms with Crippen molar-refractivity contribution < 1.29 is 9.90 Å². The van der Waals surface area contributed by atoms with Crippen LogP contribution in [0.5, 0.6) is 5.75 Å². The minimum Gasteiger partial charge on any atom is -0.506 e. The lowest BCUT2D eigenvalue weighted by molar-refractivity contribution is 0.102. The fourth-order valence-electron chi connectivity index (χ4n) is 1.70. The first-order valence-electron chi connectivity index (χ1n) is 5.70. The van der Waals surface area contributed by atoms with E-state index in [-0.39, 0.29) is 17.2 Å². The summed E-state index contributed by atoms with van der Waals surface area (Å²) in [4.78, 5) is 16.2. The van der Waals surface area contributed by atoms with Crippen LogP contribution in [-0.4, -0.2) is 16.0 Å². The second-order valence-corrected chi connectivity index (χ2v) is 5.17. The summed E-state index contributed by atoms with van der Waals surface area (Å²) in [6.07, 6.45) is 1.62. The number of aryl methyl sites for hydroxylation is 2. The number of benzene rings is 1. The van der Waals surface area contributed by atoms with E-state index >= 15 is 0 Å². The first kappa shape index (κ1) is 13.5. The lowest BCUT2D eigenvalue weighted by Crippen LogP contribution is -2.13. The number of carbonyl (C=O) groups is 1. The van der Waals surface area contributed by atoms with Gasteiger partial charge in [-0.2, -0.15) is 0 Å². The van der Waals surface area contributed by atoms with Gasteiger partial charge in [-0.3, -0.25) is 4.79 Å². The van der Waals surface area contributed by atoms with Gasteiger partial charge in [0.2, 0.25) is 0 Å². The predicted octanol–water partition coefficient (Wildman–Crippen LogP) is 3.42. The van der Waals surface area contributed by atoms with Gasteiger partial charge in [0.25, 0.3) is 5.91 Å². The zero-order valence-corrected chi connectivity index (χ0v) is 12.2. The number of hydrogen-bond acceptors (Lipinski definition) is 3. The van der Waals surface area contributed by atoms with Crippen molar-refractivity contribution in [3.63, 3.8) is 0 Å². The molecule has 2 N–H and O–H groups in total. The van der Waals surface area contributed by atoms with Crippen LogP contribution in [0.3, 0.4) is 0 Å². The topological polar surface area (TPSA) is 62.2 Å². The Morgan fingerprint density at radius 2 is 2.00 bits per heavy atom. The zero-order chi connectivity index (χ0) is 14.0. The summed E-state index contributed by atoms with van der Waals surface area (Å²) in [5, 5.41) is 12.6. The molecule has 0 atom stereocenters. The average Bonchev–Trinajstić information content (AvgIpc) is 2.33. The number of pyridine rings is 1. The number of aromatic nitrogens is 1. The maximum atomic E-state index is 12.1. The highest BCUT2D eigenvalue weighted by Crippen LogP contribution is 2.29. The molecular weight excluding hydrogens is 308 g/mol. The largest absolute Gasteiger partial charge is 0.506 e. The molecule has 0 bridgehead atoms. The van der Waals surface area contributed by atoms with E-state index in [0.29, 0.717) is 10.3 Å². The molecule has 0 saturated heterocycles. The molecule has 2 rings (SSSR count). The Hall–Kier alpha value is -1.88. The van der Waals surface area contributed by atoms with E-state index in [2.05, 4.69) is 26.2 Å². The Kier molecular flexibility index (Phi) is 3.85. The number of hydrogen-bond donors (Lipinski definition) is 2. The third-order valence-corrected chi connectivity index (χ3v) is 3.21. The van der Waals surface area contributed by atoms with Crippen LogP contribution in [0.15, 0.2) is 34.9 Å². The number of anilines is 1. The second-order valence-electron chi connectivity index (χ2n) is 4.32. The third-order valence-electron chi connectivity index (χ3n) is 2.61. The molecule has 0 unspecified atom stereocenters. The van der Waals surface area contributed by atoms with Gasteiger partial charge in [0, 0.05) is 6.20 Å². The summed E-state index contributed by atoms with van der Waals surface area (Å²) in [6, 6.07) is 6.98. The molecule has 1 aromatic carbocycles. The van der Waals surface area contributed by atoms with Crippen LogP contribution in [0.25, 0.3) is 0 Å². The van der Waals surface area contributed by atoms with Crippen molar-refractivity contribution in [1.82, 2.24) is 4.98 Å². The molecule has 1 heterocycles. The molecule has 0 aliphatic rings. The maximum Gasteiger partial charge on any atom is 0.260 e. The number of phenolic OH excluding ortho intramolecular Hbond substituents is 1. The molecule has 0 aliphatic heterocycles. The highest BCUT2D eigenvalue weighted by atomic mass is 79.9. The molecule has 98 valence electrons. The van der Waals surface area contributed by atoms with Gasteiger partial charge in [0.15, 0.2) is 0 Å². The van der Waals surface area contributed by atoms with Gasteiger partial charge in [-0.05, 0) is 65.2 Å². The van der Waals surface area contributed by atoms with Crippen LogP contribution in [0, 0.1) is 13.8 Å². The van der Waals surface area contributed by atoms with Crippen molar-refractivity contribution in [2.75, 3.05) is 5.32 Å². The minimum absolute atomic E-state index is 0.0734. The quantitative estimate of drug-likeness (QED) is 0.891. The molecule has 19 heavy (non-hydrogen) atoms. The SMILES string of the molecule is Cc1ccnc(NC(=O)c2cc(C)cc(Br)c2O)c1. The Morgan fingerprint density at radius 1 is 1.26 bits per heavy atom. The van der Waals surface area contributed by atoms with Gasteiger partial charge in [0.05, 0.1) is 10.0 Å². The summed E-state index contributed by atoms with van der Waals surface area (Å²) >= 11 is 3.22. The number of nitrogens with zero attached hydrogens (tertiary/aromatic N) is 1. The molecular formula is C14H13BrN2O2. The number of carbonyl (C=O) groups excluding carboxylic acids is 1. The standard InChI is InChI=1S/C14H13BrN2O2/c1-8-3-4-16-12(7-8)17-14(19)10-5-9(2)6-11(15)13(10)18/h3-7,18H,1-2H3,(H,16,17,19). The molecule has 0 spiro atoms. The molecule has 1 aromatic heterocycles. The van der Waals surface area contributed by atoms with Crippen LogP contribution >= 0.6 is 15.9 Å². The summed E-state index contributed by atoms with van der Waals surface area (Å²) in [5.74, 6) is -0.00205. The maximum absolute atomic E-state index is 12.1. The zero-order valence-electron chi connectivity index (χ0n) is 10.6. The van der Waals surface area contributed by atoms with E-state index in [4.69, 9.17) is 0 Å². The predicted molar refractivity (Wildman–Crippen MR) is 77.5 cm³/mol. The second kappa shape index (κ2) is 5.40. The summed E-state index contributed by atoms with van der Waals surface area (Å²) < 4.78 is 0.495. The van der Waals surface area contributed by atoms with Crippen LogP contribution in [0.2, 0.25) is 0 Å². The van der Waals surface area contributed by atoms with E-state index in [0.717, 1.165) is 11.1 Å². The Balaban J connectivity index is 2.30. The van der Waals surface area contributed by atoms with E-state index < -0.39 is 0 Å². The lowest BCUT2D eigenvalue weighted by Gasteiger charge is -2.09. The van der Waals surface area contributed by atoms with Gasteiger partial charge >= 0.3 is 0 Å². The van der Waals surface area contributed by atoms with Crippen LogP contribution in [-0.2, 0) is 0 Å². The summed E-state index contributed by atoms with van der Waals surface area (Å²) in [6.45, 7) is 3.77. The molecule has 0 fully saturated rings. The number of amides is 1. The van der Waals surface area contributed by atoms with Crippen LogP contribution in [0.1, 0.15) is 21.5 Å². The highest BCUT2D eigenvalue weighted by Gasteiger charge is 2.15. The molecule has 0 radical (unpaired) electrons. The molecule has 4 nitrogen and oxygen atoms in total. The Morgan fingerprint density at radius 3 is 2.68 bits per heavy atom. The first-order chi connectivity index (χ1) is 8.97. The van der Waals surface area contributed by atoms with E-state index in [1.165, 1.54) is 0 Å². The van der Waals surface area contributed by atoms with E-state index in [9.17, 15) is 9.90 Å². The van der Waals surface area contributed by atoms with Gasteiger partial charge < -0.3 is 10.4 Å². The van der Waals surface area contributed by atoms with Crippen molar-refractivity contribution in [3.05, 3.63) is 51.6 Å². The van der Waals surface area contributed by atoms with Gasteiger partial charge in [-0.15, -0.1) is 0 Å². The fourth-order valence-corrected chi connectivity index (χ4v) is 2.27. The van der Waals surface area contributed by atoms with Crippen molar-refractivity contribution in [2.45, 2.75) is 13.8 Å². The Bertz CT molecular complexity index is 641. The van der Waals surface area contributed by atoms with Crippen LogP contribution in [0.4, 0.5) is 5.82 Å². The highest BCUT2D eigenvalue weighted by molar-refractivity contribution is 9.10. The number of nitrogens with one attached hydrogen (secondary N) is 1. The number of halogens is 1. The monoisotopic (exact) mass is 320 g/mol. The smallest absolute Gasteiger partial charge is 0.260 e. The molecule has 2 aromatic rings. The van der Waals surface area contributed by atoms with Gasteiger partial charge in [0.1, 0.15) is 11.6 Å². The number of phenols is 1. The van der Waals surface area contributed by atoms with Gasteiger partial charge in [-0.25, -0.2) is 4.98 Å². The minimum atomic E-state index is -0.389. The van der Waals surface area contributed by atoms with Gasteiger partial charge in [-0.1, -0.05) is 0 Å². The molecule has 0 saturated carbocycles. The first-order valence-corrected chi connectivity index (χ1v) is 6.50. The number of aromatic hydroxyl groups is 1. The average molecular weight is 321 g/mol. The summed E-state index contributed by atoms with van der Waals surface area (Å²) in [7, 11) is 0. The van der Waals surface area contributed by atoms with Crippen LogP contribution < -0.4 is 5.32 Å². The van der Waals surface area contributed by atoms with E-state index in [1.807, 2.05) is 19.9 Å². The van der Waals surface area contributed by atoms with Crippen molar-refractivity contribution >= 4 is 27.7 Å².